The molecule has 2 heterocycles. The third-order valence-electron chi connectivity index (χ3n) is 2.24. The fourth-order valence-corrected chi connectivity index (χ4v) is 1.54. The van der Waals surface area contributed by atoms with Crippen LogP contribution in [0, 0.1) is 0 Å². The van der Waals surface area contributed by atoms with Crippen LogP contribution in [0.2, 0.25) is 0 Å². The lowest BCUT2D eigenvalue weighted by molar-refractivity contribution is -0.139. The predicted molar refractivity (Wildman–Crippen MR) is 45.1 cm³/mol. The molecule has 0 aliphatic carbocycles. The van der Waals surface area contributed by atoms with E-state index in [-0.39, 0.29) is 0 Å². The van der Waals surface area contributed by atoms with Crippen LogP contribution in [0.3, 0.4) is 0 Å². The summed E-state index contributed by atoms with van der Waals surface area (Å²) in [5, 5.41) is 15.5. The summed E-state index contributed by atoms with van der Waals surface area (Å²) in [5.41, 5.74) is 0.700. The number of carbonyl (C=O) groups is 1. The van der Waals surface area contributed by atoms with Crippen molar-refractivity contribution in [1.29, 1.82) is 0 Å². The monoisotopic (exact) mass is 198 g/mol. The van der Waals surface area contributed by atoms with Crippen molar-refractivity contribution in [2.24, 2.45) is 0 Å². The summed E-state index contributed by atoms with van der Waals surface area (Å²) < 4.78 is 9.90. The topological polar surface area (TPSA) is 84.6 Å². The highest BCUT2D eigenvalue weighted by Gasteiger charge is 2.33. The number of nitrogens with zero attached hydrogens (tertiary/aromatic N) is 1. The average molecular weight is 198 g/mol. The summed E-state index contributed by atoms with van der Waals surface area (Å²) in [6, 6.07) is 0. The first-order chi connectivity index (χ1) is 6.74. The van der Waals surface area contributed by atoms with Crippen molar-refractivity contribution in [2.45, 2.75) is 12.5 Å². The molecule has 0 saturated carbocycles. The van der Waals surface area contributed by atoms with Crippen LogP contribution in [0.4, 0.5) is 0 Å². The van der Waals surface area contributed by atoms with Crippen molar-refractivity contribution >= 4 is 5.97 Å². The third kappa shape index (κ3) is 1.24. The molecule has 0 spiro atoms. The lowest BCUT2D eigenvalue weighted by Crippen LogP contribution is -2.31. The molecule has 6 nitrogen and oxygen atoms in total. The number of rotatable bonds is 2. The first-order valence-electron chi connectivity index (χ1n) is 4.20. The number of fused-ring (bicyclic) bond motifs is 1. The van der Waals surface area contributed by atoms with Crippen molar-refractivity contribution in [3.8, 4) is 5.88 Å². The highest BCUT2D eigenvalue weighted by atomic mass is 16.5. The summed E-state index contributed by atoms with van der Waals surface area (Å²) in [7, 11) is 1.47. The van der Waals surface area contributed by atoms with Crippen LogP contribution < -0.4 is 10.1 Å². The number of aromatic nitrogens is 1. The van der Waals surface area contributed by atoms with Gasteiger partial charge in [0.2, 0.25) is 0 Å². The number of hydrogen-bond acceptors (Lipinski definition) is 5. The van der Waals surface area contributed by atoms with Crippen LogP contribution in [0.25, 0.3) is 0 Å². The van der Waals surface area contributed by atoms with Crippen molar-refractivity contribution in [3.05, 3.63) is 11.3 Å². The van der Waals surface area contributed by atoms with Crippen LogP contribution >= 0.6 is 0 Å². The van der Waals surface area contributed by atoms with Gasteiger partial charge < -0.3 is 19.7 Å². The lowest BCUT2D eigenvalue weighted by atomic mass is 9.99. The molecular weight excluding hydrogens is 188 g/mol. The summed E-state index contributed by atoms with van der Waals surface area (Å²) in [4.78, 5) is 10.8. The van der Waals surface area contributed by atoms with Gasteiger partial charge in [-0.3, -0.25) is 4.79 Å². The first-order valence-corrected chi connectivity index (χ1v) is 4.20. The van der Waals surface area contributed by atoms with E-state index in [9.17, 15) is 4.79 Å². The Hall–Kier alpha value is -1.56. The molecule has 1 aromatic rings. The van der Waals surface area contributed by atoms with Crippen molar-refractivity contribution in [3.63, 3.8) is 0 Å². The number of aliphatic carboxylic acids is 1. The molecule has 0 fully saturated rings. The van der Waals surface area contributed by atoms with E-state index in [1.807, 2.05) is 0 Å². The zero-order valence-electron chi connectivity index (χ0n) is 7.61. The SMILES string of the molecule is COc1noc2c1CNCC2C(=O)O. The van der Waals surface area contributed by atoms with E-state index in [4.69, 9.17) is 14.4 Å². The molecule has 0 radical (unpaired) electrons. The Balaban J connectivity index is 2.40. The van der Waals surface area contributed by atoms with Crippen molar-refractivity contribution in [2.75, 3.05) is 13.7 Å². The lowest BCUT2D eigenvalue weighted by Gasteiger charge is -2.17. The molecule has 1 aromatic heterocycles. The van der Waals surface area contributed by atoms with Crippen molar-refractivity contribution < 1.29 is 19.2 Å². The Morgan fingerprint density at radius 2 is 2.57 bits per heavy atom. The van der Waals surface area contributed by atoms with Gasteiger partial charge in [0.1, 0.15) is 5.92 Å². The fraction of sp³-hybridized carbons (Fsp3) is 0.500. The van der Waals surface area contributed by atoms with E-state index in [0.29, 0.717) is 30.3 Å². The second kappa shape index (κ2) is 3.30. The molecule has 1 atom stereocenters. The Kier molecular flexibility index (Phi) is 2.12. The average Bonchev–Trinajstić information content (AvgIpc) is 2.59. The third-order valence-corrected chi connectivity index (χ3v) is 2.24. The Morgan fingerprint density at radius 1 is 1.79 bits per heavy atom. The molecular formula is C8H10N2O4. The molecule has 0 bridgehead atoms. The zero-order valence-corrected chi connectivity index (χ0v) is 7.61. The molecule has 76 valence electrons. The van der Waals surface area contributed by atoms with Gasteiger partial charge in [0.05, 0.1) is 12.7 Å². The highest BCUT2D eigenvalue weighted by molar-refractivity contribution is 5.76. The van der Waals surface area contributed by atoms with E-state index in [2.05, 4.69) is 10.5 Å². The molecule has 0 aromatic carbocycles. The second-order valence-electron chi connectivity index (χ2n) is 3.06. The molecule has 1 unspecified atom stereocenters. The van der Waals surface area contributed by atoms with E-state index >= 15 is 0 Å². The largest absolute Gasteiger partial charge is 0.481 e. The Morgan fingerprint density at radius 3 is 3.21 bits per heavy atom. The molecule has 0 saturated heterocycles. The molecule has 2 N–H and O–H groups in total. The smallest absolute Gasteiger partial charge is 0.315 e. The normalized spacial score (nSPS) is 20.2. The number of ether oxygens (including phenoxy) is 1. The minimum atomic E-state index is -0.919. The Bertz CT molecular complexity index is 360. The second-order valence-corrected chi connectivity index (χ2v) is 3.06. The highest BCUT2D eigenvalue weighted by Crippen LogP contribution is 2.30. The standard InChI is InChI=1S/C8H10N2O4/c1-13-7-4-2-9-3-5(8(11)12)6(4)14-10-7/h5,9H,2-3H2,1H3,(H,11,12). The molecule has 2 rings (SSSR count). The van der Waals surface area contributed by atoms with Crippen LogP contribution in [-0.2, 0) is 11.3 Å². The van der Waals surface area contributed by atoms with Gasteiger partial charge in [-0.1, -0.05) is 0 Å². The van der Waals surface area contributed by atoms with Crippen LogP contribution in [0.5, 0.6) is 5.88 Å². The quantitative estimate of drug-likeness (QED) is 0.693. The summed E-state index contributed by atoms with van der Waals surface area (Å²) >= 11 is 0. The van der Waals surface area contributed by atoms with Gasteiger partial charge in [-0.05, 0) is 5.16 Å². The number of carboxylic acid groups (broad SMARTS) is 1. The van der Waals surface area contributed by atoms with Gasteiger partial charge in [0.15, 0.2) is 5.76 Å². The van der Waals surface area contributed by atoms with Crippen molar-refractivity contribution in [1.82, 2.24) is 10.5 Å². The van der Waals surface area contributed by atoms with Gasteiger partial charge in [-0.15, -0.1) is 0 Å². The minimum Gasteiger partial charge on any atom is -0.481 e. The van der Waals surface area contributed by atoms with Gasteiger partial charge in [-0.2, -0.15) is 0 Å². The zero-order chi connectivity index (χ0) is 10.1. The molecule has 1 aliphatic heterocycles. The van der Waals surface area contributed by atoms with Gasteiger partial charge >= 0.3 is 5.97 Å². The molecule has 1 aliphatic rings. The van der Waals surface area contributed by atoms with E-state index in [0.717, 1.165) is 0 Å². The summed E-state index contributed by atoms with van der Waals surface area (Å²) in [6.07, 6.45) is 0. The maximum atomic E-state index is 10.8. The van der Waals surface area contributed by atoms with E-state index < -0.39 is 11.9 Å². The number of methoxy groups -OCH3 is 1. The summed E-state index contributed by atoms with van der Waals surface area (Å²) in [5.74, 6) is -0.834. The van der Waals surface area contributed by atoms with E-state index in [1.54, 1.807) is 0 Å². The minimum absolute atomic E-state index is 0.360. The number of hydrogen-bond donors (Lipinski definition) is 2. The number of carboxylic acids is 1. The van der Waals surface area contributed by atoms with E-state index in [1.165, 1.54) is 7.11 Å². The van der Waals surface area contributed by atoms with Gasteiger partial charge in [0, 0.05) is 13.1 Å². The molecule has 14 heavy (non-hydrogen) atoms. The molecule has 6 heteroatoms. The number of nitrogens with one attached hydrogen (secondary N) is 1. The van der Waals surface area contributed by atoms with Crippen LogP contribution in [0.1, 0.15) is 17.2 Å². The van der Waals surface area contributed by atoms with Gasteiger partial charge in [0.25, 0.3) is 5.88 Å². The van der Waals surface area contributed by atoms with Gasteiger partial charge in [-0.25, -0.2) is 0 Å². The summed E-state index contributed by atoms with van der Waals surface area (Å²) in [6.45, 7) is 0.895. The molecule has 0 amide bonds. The van der Waals surface area contributed by atoms with Crippen LogP contribution in [0.15, 0.2) is 4.52 Å². The van der Waals surface area contributed by atoms with Crippen LogP contribution in [-0.4, -0.2) is 29.9 Å². The fourth-order valence-electron chi connectivity index (χ4n) is 1.54. The maximum Gasteiger partial charge on any atom is 0.315 e. The maximum absolute atomic E-state index is 10.8. The Labute approximate surface area is 79.8 Å². The predicted octanol–water partition coefficient (Wildman–Crippen LogP) is -0.0454. The first kappa shape index (κ1) is 9.01.